The third-order valence-electron chi connectivity index (χ3n) is 18.8. The number of carbonyl (C=O) groups is 2. The Morgan fingerprint density at radius 1 is 0.318 bits per heavy atom. The highest BCUT2D eigenvalue weighted by Crippen LogP contribution is 2.61. The van der Waals surface area contributed by atoms with Gasteiger partial charge in [-0.15, -0.1) is 0 Å². The summed E-state index contributed by atoms with van der Waals surface area (Å²) in [5.74, 6) is 0.978. The number of benzene rings is 12. The quantitative estimate of drug-likeness (QED) is 0.0276. The largest absolute Gasteiger partial charge is 0.489 e. The van der Waals surface area contributed by atoms with Crippen molar-refractivity contribution in [1.29, 1.82) is 0 Å². The van der Waals surface area contributed by atoms with Gasteiger partial charge >= 0.3 is 11.9 Å². The molecule has 558 valence electrons. The van der Waals surface area contributed by atoms with Gasteiger partial charge in [0.2, 0.25) is 0 Å². The summed E-state index contributed by atoms with van der Waals surface area (Å²) < 4.78 is 98.2. The van der Waals surface area contributed by atoms with Crippen molar-refractivity contribution in [3.63, 3.8) is 0 Å². The fourth-order valence-corrected chi connectivity index (χ4v) is 13.6. The van der Waals surface area contributed by atoms with Gasteiger partial charge in [0.05, 0.1) is 24.7 Å². The smallest absolute Gasteiger partial charge is 0.303 e. The second-order valence-corrected chi connectivity index (χ2v) is 26.7. The fraction of sp³-hybridized carbons (Fsp3) is 0.213. The molecule has 0 spiro atoms. The van der Waals surface area contributed by atoms with Crippen molar-refractivity contribution in [1.82, 2.24) is 0 Å². The first-order valence-corrected chi connectivity index (χ1v) is 37.0. The minimum absolute atomic E-state index is 0.0149. The van der Waals surface area contributed by atoms with Crippen LogP contribution in [0.1, 0.15) is 117 Å². The van der Waals surface area contributed by atoms with Gasteiger partial charge in [-0.05, 0) is 75.7 Å². The van der Waals surface area contributed by atoms with Gasteiger partial charge < -0.3 is 66.3 Å². The highest BCUT2D eigenvalue weighted by atomic mass is 16.6. The van der Waals surface area contributed by atoms with Crippen molar-refractivity contribution in [3.05, 3.63) is 370 Å². The van der Waals surface area contributed by atoms with Gasteiger partial charge in [-0.1, -0.05) is 255 Å². The normalized spacial score (nSPS) is 16.1. The molecule has 0 radical (unpaired) electrons. The van der Waals surface area contributed by atoms with Crippen molar-refractivity contribution >= 4 is 11.9 Å². The number of hydrogen-bond donors (Lipinski definition) is 0. The van der Waals surface area contributed by atoms with Crippen molar-refractivity contribution in [3.8, 4) is 57.5 Å². The summed E-state index contributed by atoms with van der Waals surface area (Å²) >= 11 is 0. The van der Waals surface area contributed by atoms with Crippen molar-refractivity contribution < 1.29 is 75.9 Å². The molecular weight excluding hydrogens is 1390 g/mol. The summed E-state index contributed by atoms with van der Waals surface area (Å²) in [6.07, 6.45) is -6.21. The van der Waals surface area contributed by atoms with Crippen LogP contribution in [0.2, 0.25) is 0 Å². The van der Waals surface area contributed by atoms with E-state index in [9.17, 15) is 9.59 Å². The Hall–Kier alpha value is -12.5. The molecule has 14 rings (SSSR count). The van der Waals surface area contributed by atoms with Crippen LogP contribution >= 0.6 is 0 Å². The maximum Gasteiger partial charge on any atom is 0.303 e. The molecule has 0 unspecified atom stereocenters. The standard InChI is InChI=1S/C94H86O16/c1-4-97-49-50-98-92-87-83(106-63-73-43-27-12-28-44-73)55-82(105-62-72-41-25-11-26-42-72)86(91(87)110-90(94(92)108-65(3)96)75-46-48-78(101-58-68-33-17-7-18-34-68)80(52-75)103-60-70-37-21-9-22-38-70)88-85-81(104-61-71-39-23-10-24-40-71)53-76(99-56-66-29-13-5-14-30-66)54-84(85)109-89(93(88)107-64(2)95)74-45-47-77(100-57-67-31-15-6-16-32-67)79(51-74)102-59-69-35-19-8-20-36-69/h5-48,51-55,88-90,92-94H,4,49-50,56-63H2,1-3H3/t88-,89-,90-,92+,93-,94+/m1/s1. The summed E-state index contributed by atoms with van der Waals surface area (Å²) in [5, 5.41) is 0. The van der Waals surface area contributed by atoms with E-state index in [2.05, 4.69) is 0 Å². The first-order valence-electron chi connectivity index (χ1n) is 37.0. The van der Waals surface area contributed by atoms with Crippen LogP contribution in [0, 0.1) is 0 Å². The second-order valence-electron chi connectivity index (χ2n) is 26.7. The van der Waals surface area contributed by atoms with Crippen LogP contribution in [0.4, 0.5) is 0 Å². The SMILES string of the molecule is CCOCCO[C@H]1c2c(OCc3ccccc3)cc(OCc3ccccc3)c([C@H]3c4c(OCc5ccccc5)cc(OCc5ccccc5)cc4O[C@H](c4ccc(OCc5ccccc5)c(OCc5ccccc5)c4)[C@@H]3OC(C)=O)c2O[C@H](c2ccc(OCc3ccccc3)c(OCc3ccccc3)c2)[C@@H]1OC(C)=O. The third kappa shape index (κ3) is 19.1. The molecule has 0 saturated heterocycles. The van der Waals surface area contributed by atoms with Crippen LogP contribution in [0.15, 0.2) is 297 Å². The number of fused-ring (bicyclic) bond motifs is 2. The fourth-order valence-electron chi connectivity index (χ4n) is 13.6. The Bertz CT molecular complexity index is 4940. The van der Waals surface area contributed by atoms with Crippen LogP contribution in [0.25, 0.3) is 0 Å². The third-order valence-corrected chi connectivity index (χ3v) is 18.8. The van der Waals surface area contributed by atoms with Gasteiger partial charge in [0, 0.05) is 60.9 Å². The van der Waals surface area contributed by atoms with E-state index in [0.29, 0.717) is 74.7 Å². The van der Waals surface area contributed by atoms with Gasteiger partial charge in [0.15, 0.2) is 47.4 Å². The Kier molecular flexibility index (Phi) is 24.9. The predicted octanol–water partition coefficient (Wildman–Crippen LogP) is 19.7. The summed E-state index contributed by atoms with van der Waals surface area (Å²) in [6.45, 7) is 6.37. The molecule has 0 fully saturated rings. The van der Waals surface area contributed by atoms with E-state index in [0.717, 1.165) is 44.5 Å². The van der Waals surface area contributed by atoms with E-state index in [-0.39, 0.29) is 83.3 Å². The summed E-state index contributed by atoms with van der Waals surface area (Å²) in [4.78, 5) is 29.0. The van der Waals surface area contributed by atoms with Gasteiger partial charge in [-0.25, -0.2) is 0 Å². The second kappa shape index (κ2) is 36.9. The van der Waals surface area contributed by atoms with Crippen LogP contribution in [-0.4, -0.2) is 44.0 Å². The predicted molar refractivity (Wildman–Crippen MR) is 417 cm³/mol. The van der Waals surface area contributed by atoms with Crippen molar-refractivity contribution in [2.45, 2.75) is 110 Å². The Morgan fingerprint density at radius 3 is 1.04 bits per heavy atom. The molecule has 2 heterocycles. The molecule has 12 aromatic carbocycles. The molecule has 0 N–H and O–H groups in total. The molecule has 0 aromatic heterocycles. The average molecular weight is 1470 g/mol. The zero-order valence-corrected chi connectivity index (χ0v) is 61.6. The lowest BCUT2D eigenvalue weighted by Gasteiger charge is -2.44. The number of ether oxygens (including phenoxy) is 14. The molecule has 0 aliphatic carbocycles. The molecule has 0 amide bonds. The summed E-state index contributed by atoms with van der Waals surface area (Å²) in [5.41, 5.74) is 9.38. The van der Waals surface area contributed by atoms with Gasteiger partial charge in [-0.3, -0.25) is 9.59 Å². The molecule has 16 heteroatoms. The molecule has 0 saturated carbocycles. The maximum atomic E-state index is 14.8. The lowest BCUT2D eigenvalue weighted by atomic mass is 9.76. The van der Waals surface area contributed by atoms with E-state index in [1.807, 2.05) is 304 Å². The molecule has 16 nitrogen and oxygen atoms in total. The summed E-state index contributed by atoms with van der Waals surface area (Å²) in [6, 6.07) is 95.4. The van der Waals surface area contributed by atoms with Gasteiger partial charge in [-0.2, -0.15) is 0 Å². The van der Waals surface area contributed by atoms with E-state index in [4.69, 9.17) is 66.3 Å². The maximum absolute atomic E-state index is 14.8. The van der Waals surface area contributed by atoms with E-state index < -0.39 is 48.4 Å². The molecular formula is C94H86O16. The molecule has 110 heavy (non-hydrogen) atoms. The summed E-state index contributed by atoms with van der Waals surface area (Å²) in [7, 11) is 0. The topological polar surface area (TPSA) is 163 Å². The van der Waals surface area contributed by atoms with Crippen molar-refractivity contribution in [2.24, 2.45) is 0 Å². The minimum atomic E-state index is -1.34. The lowest BCUT2D eigenvalue weighted by molar-refractivity contribution is -0.171. The van der Waals surface area contributed by atoms with Gasteiger partial charge in [0.25, 0.3) is 0 Å². The monoisotopic (exact) mass is 1470 g/mol. The molecule has 2 aliphatic rings. The Labute approximate surface area is 641 Å². The molecule has 2 aliphatic heterocycles. The Morgan fingerprint density at radius 2 is 0.655 bits per heavy atom. The molecule has 6 atom stereocenters. The number of hydrogen-bond acceptors (Lipinski definition) is 16. The van der Waals surface area contributed by atoms with E-state index in [1.54, 1.807) is 0 Å². The zero-order valence-electron chi connectivity index (χ0n) is 61.6. The number of esters is 2. The van der Waals surface area contributed by atoms with Crippen LogP contribution < -0.4 is 47.4 Å². The van der Waals surface area contributed by atoms with Crippen LogP contribution in [-0.2, 0) is 81.4 Å². The van der Waals surface area contributed by atoms with E-state index in [1.165, 1.54) is 13.8 Å². The minimum Gasteiger partial charge on any atom is -0.489 e. The average Bonchev–Trinajstić information content (AvgIpc) is 0.713. The van der Waals surface area contributed by atoms with Crippen LogP contribution in [0.3, 0.4) is 0 Å². The highest BCUT2D eigenvalue weighted by molar-refractivity contribution is 5.71. The first-order chi connectivity index (χ1) is 54.1. The molecule has 0 bridgehead atoms. The highest BCUT2D eigenvalue weighted by Gasteiger charge is 2.52. The zero-order chi connectivity index (χ0) is 75.2. The van der Waals surface area contributed by atoms with Crippen molar-refractivity contribution in [2.75, 3.05) is 19.8 Å². The van der Waals surface area contributed by atoms with E-state index >= 15 is 0 Å². The number of carbonyl (C=O) groups excluding carboxylic acids is 2. The van der Waals surface area contributed by atoms with Crippen LogP contribution in [0.5, 0.6) is 57.5 Å². The van der Waals surface area contributed by atoms with Gasteiger partial charge in [0.1, 0.15) is 93.5 Å². The first kappa shape index (κ1) is 74.4. The lowest BCUT2D eigenvalue weighted by Crippen LogP contribution is -2.42. The number of rotatable bonds is 34. The molecule has 12 aromatic rings. The Balaban J connectivity index is 1.04.